The van der Waals surface area contributed by atoms with Gasteiger partial charge in [-0.3, -0.25) is 0 Å². The van der Waals surface area contributed by atoms with Crippen molar-refractivity contribution >= 4 is 11.6 Å². The number of methoxy groups -OCH3 is 1. The van der Waals surface area contributed by atoms with E-state index in [-0.39, 0.29) is 6.79 Å². The highest BCUT2D eigenvalue weighted by Gasteiger charge is 2.07. The van der Waals surface area contributed by atoms with Crippen LogP contribution < -0.4 is 4.74 Å². The molecule has 3 nitrogen and oxygen atoms in total. The number of halogens is 1. The summed E-state index contributed by atoms with van der Waals surface area (Å²) in [6.07, 6.45) is 0. The molecule has 13 heavy (non-hydrogen) atoms. The van der Waals surface area contributed by atoms with E-state index in [1.165, 1.54) is 0 Å². The zero-order chi connectivity index (χ0) is 9.84. The summed E-state index contributed by atoms with van der Waals surface area (Å²) < 4.78 is 10.0. The Kier molecular flexibility index (Phi) is 3.51. The van der Waals surface area contributed by atoms with Gasteiger partial charge < -0.3 is 9.47 Å². The molecule has 0 fully saturated rings. The van der Waals surface area contributed by atoms with Crippen molar-refractivity contribution in [1.82, 2.24) is 4.98 Å². The number of hydrogen-bond donors (Lipinski definition) is 0. The van der Waals surface area contributed by atoms with Crippen LogP contribution in [-0.4, -0.2) is 18.9 Å². The molecule has 0 aliphatic rings. The van der Waals surface area contributed by atoms with Crippen LogP contribution in [0.15, 0.2) is 6.07 Å². The fourth-order valence-electron chi connectivity index (χ4n) is 1.07. The van der Waals surface area contributed by atoms with E-state index in [1.807, 2.05) is 19.9 Å². The molecular weight excluding hydrogens is 190 g/mol. The summed E-state index contributed by atoms with van der Waals surface area (Å²) >= 11 is 5.88. The number of pyridine rings is 1. The van der Waals surface area contributed by atoms with Crippen LogP contribution in [0.1, 0.15) is 11.3 Å². The van der Waals surface area contributed by atoms with Gasteiger partial charge in [0.05, 0.1) is 0 Å². The monoisotopic (exact) mass is 201 g/mol. The summed E-state index contributed by atoms with van der Waals surface area (Å²) in [6.45, 7) is 4.00. The van der Waals surface area contributed by atoms with Gasteiger partial charge in [0.25, 0.3) is 0 Å². The number of aromatic nitrogens is 1. The fourth-order valence-corrected chi connectivity index (χ4v) is 1.41. The van der Waals surface area contributed by atoms with E-state index >= 15 is 0 Å². The van der Waals surface area contributed by atoms with Crippen molar-refractivity contribution in [2.45, 2.75) is 13.8 Å². The van der Waals surface area contributed by atoms with E-state index in [4.69, 9.17) is 21.1 Å². The molecule has 0 aromatic carbocycles. The van der Waals surface area contributed by atoms with Crippen molar-refractivity contribution in [2.24, 2.45) is 0 Å². The number of hydrogen-bond acceptors (Lipinski definition) is 3. The normalized spacial score (nSPS) is 10.2. The molecule has 0 radical (unpaired) electrons. The molecule has 0 amide bonds. The van der Waals surface area contributed by atoms with Crippen molar-refractivity contribution in [3.8, 4) is 5.75 Å². The van der Waals surface area contributed by atoms with Gasteiger partial charge in [0.1, 0.15) is 0 Å². The summed E-state index contributed by atoms with van der Waals surface area (Å²) in [6, 6.07) is 1.91. The largest absolute Gasteiger partial charge is 0.464 e. The van der Waals surface area contributed by atoms with E-state index in [0.717, 1.165) is 11.3 Å². The van der Waals surface area contributed by atoms with Gasteiger partial charge in [-0.05, 0) is 25.5 Å². The summed E-state index contributed by atoms with van der Waals surface area (Å²) in [7, 11) is 1.56. The second-order valence-electron chi connectivity index (χ2n) is 2.75. The first-order valence-corrected chi connectivity index (χ1v) is 4.28. The van der Waals surface area contributed by atoms with Gasteiger partial charge in [-0.1, -0.05) is 11.6 Å². The van der Waals surface area contributed by atoms with Crippen molar-refractivity contribution in [3.63, 3.8) is 0 Å². The van der Waals surface area contributed by atoms with Gasteiger partial charge in [0.2, 0.25) is 0 Å². The first-order chi connectivity index (χ1) is 6.15. The lowest BCUT2D eigenvalue weighted by atomic mass is 10.2. The highest BCUT2D eigenvalue weighted by Crippen LogP contribution is 2.26. The Bertz CT molecular complexity index is 279. The molecule has 0 unspecified atom stereocenters. The lowest BCUT2D eigenvalue weighted by Crippen LogP contribution is -2.02. The summed E-state index contributed by atoms with van der Waals surface area (Å²) in [4.78, 5) is 4.07. The van der Waals surface area contributed by atoms with Crippen molar-refractivity contribution in [2.75, 3.05) is 13.9 Å². The van der Waals surface area contributed by atoms with Gasteiger partial charge in [-0.25, -0.2) is 4.98 Å². The third-order valence-electron chi connectivity index (χ3n) is 1.57. The molecule has 1 aromatic heterocycles. The molecule has 0 spiro atoms. The molecule has 0 saturated heterocycles. The predicted molar refractivity (Wildman–Crippen MR) is 51.2 cm³/mol. The zero-order valence-electron chi connectivity index (χ0n) is 7.93. The molecule has 1 aromatic rings. The Balaban J connectivity index is 2.92. The third-order valence-corrected chi connectivity index (χ3v) is 1.82. The topological polar surface area (TPSA) is 31.4 Å². The minimum atomic E-state index is 0.186. The second-order valence-corrected chi connectivity index (χ2v) is 3.11. The maximum absolute atomic E-state index is 5.88. The Morgan fingerprint density at radius 1 is 1.46 bits per heavy atom. The molecule has 1 heterocycles. The molecule has 4 heteroatoms. The summed E-state index contributed by atoms with van der Waals surface area (Å²) in [5, 5.41) is 0.384. The maximum Gasteiger partial charge on any atom is 0.188 e. The van der Waals surface area contributed by atoms with Gasteiger partial charge in [-0.2, -0.15) is 0 Å². The van der Waals surface area contributed by atoms with Crippen LogP contribution in [0.2, 0.25) is 5.15 Å². The predicted octanol–water partition coefficient (Wildman–Crippen LogP) is 2.33. The molecule has 0 atom stereocenters. The Morgan fingerprint density at radius 2 is 2.15 bits per heavy atom. The standard InChI is InChI=1S/C9H12ClNO2/c1-6-4-7(2)11-9(10)8(6)13-5-12-3/h4H,5H2,1-3H3. The first-order valence-electron chi connectivity index (χ1n) is 3.90. The van der Waals surface area contributed by atoms with Crippen LogP contribution in [0.4, 0.5) is 0 Å². The van der Waals surface area contributed by atoms with Gasteiger partial charge in [0.15, 0.2) is 17.7 Å². The molecule has 0 saturated carbocycles. The van der Waals surface area contributed by atoms with Crippen LogP contribution in [0.25, 0.3) is 0 Å². The van der Waals surface area contributed by atoms with Crippen LogP contribution in [0, 0.1) is 13.8 Å². The Morgan fingerprint density at radius 3 is 2.69 bits per heavy atom. The highest BCUT2D eigenvalue weighted by atomic mass is 35.5. The average Bonchev–Trinajstić information content (AvgIpc) is 2.02. The lowest BCUT2D eigenvalue weighted by Gasteiger charge is -2.09. The minimum absolute atomic E-state index is 0.186. The SMILES string of the molecule is COCOc1c(C)cc(C)nc1Cl. The van der Waals surface area contributed by atoms with Crippen LogP contribution >= 0.6 is 11.6 Å². The van der Waals surface area contributed by atoms with Crippen molar-refractivity contribution in [1.29, 1.82) is 0 Å². The van der Waals surface area contributed by atoms with Gasteiger partial charge in [-0.15, -0.1) is 0 Å². The van der Waals surface area contributed by atoms with E-state index in [1.54, 1.807) is 7.11 Å². The van der Waals surface area contributed by atoms with E-state index in [0.29, 0.717) is 10.9 Å². The Labute approximate surface area is 82.6 Å². The van der Waals surface area contributed by atoms with E-state index in [2.05, 4.69) is 4.98 Å². The number of aryl methyl sites for hydroxylation is 2. The fraction of sp³-hybridized carbons (Fsp3) is 0.444. The average molecular weight is 202 g/mol. The smallest absolute Gasteiger partial charge is 0.188 e. The van der Waals surface area contributed by atoms with E-state index in [9.17, 15) is 0 Å². The Hall–Kier alpha value is -0.800. The van der Waals surface area contributed by atoms with Gasteiger partial charge >= 0.3 is 0 Å². The molecule has 0 aliphatic carbocycles. The van der Waals surface area contributed by atoms with Crippen LogP contribution in [0.5, 0.6) is 5.75 Å². The molecule has 0 bridgehead atoms. The van der Waals surface area contributed by atoms with Crippen LogP contribution in [-0.2, 0) is 4.74 Å². The van der Waals surface area contributed by atoms with E-state index < -0.39 is 0 Å². The number of rotatable bonds is 3. The van der Waals surface area contributed by atoms with Crippen molar-refractivity contribution in [3.05, 3.63) is 22.5 Å². The molecule has 72 valence electrons. The number of nitrogens with zero attached hydrogens (tertiary/aromatic N) is 1. The first kappa shape index (κ1) is 10.3. The molecule has 0 aliphatic heterocycles. The number of ether oxygens (including phenoxy) is 2. The van der Waals surface area contributed by atoms with Crippen molar-refractivity contribution < 1.29 is 9.47 Å². The maximum atomic E-state index is 5.88. The van der Waals surface area contributed by atoms with Gasteiger partial charge in [0, 0.05) is 12.8 Å². The quantitative estimate of drug-likeness (QED) is 0.556. The minimum Gasteiger partial charge on any atom is -0.464 e. The summed E-state index contributed by atoms with van der Waals surface area (Å²) in [5.41, 5.74) is 1.85. The molecular formula is C9H12ClNO2. The second kappa shape index (κ2) is 4.44. The lowest BCUT2D eigenvalue weighted by molar-refractivity contribution is 0.0504. The third kappa shape index (κ3) is 2.57. The zero-order valence-corrected chi connectivity index (χ0v) is 8.68. The van der Waals surface area contributed by atoms with Crippen LogP contribution in [0.3, 0.4) is 0 Å². The molecule has 1 rings (SSSR count). The highest BCUT2D eigenvalue weighted by molar-refractivity contribution is 6.30. The summed E-state index contributed by atoms with van der Waals surface area (Å²) in [5.74, 6) is 0.592. The molecule has 0 N–H and O–H groups in total.